The van der Waals surface area contributed by atoms with Gasteiger partial charge in [0.2, 0.25) is 0 Å². The average molecular weight is 325 g/mol. The average Bonchev–Trinajstić information content (AvgIpc) is 2.40. The van der Waals surface area contributed by atoms with Gasteiger partial charge in [-0.15, -0.1) is 0 Å². The Morgan fingerprint density at radius 3 is 1.57 bits per heavy atom. The third-order valence-electron chi connectivity index (χ3n) is 3.52. The molecule has 0 amide bonds. The summed E-state index contributed by atoms with van der Waals surface area (Å²) in [5, 5.41) is 0. The molecule has 112 valence electrons. The van der Waals surface area contributed by atoms with Gasteiger partial charge in [-0.05, 0) is 62.1 Å². The minimum absolute atomic E-state index is 0.471. The van der Waals surface area contributed by atoms with Crippen molar-refractivity contribution < 1.29 is 13.6 Å². The first-order valence-electron chi connectivity index (χ1n) is 6.61. The van der Waals surface area contributed by atoms with E-state index in [2.05, 4.69) is 0 Å². The SMILES string of the molecule is Cc1cccc(OP(=O)(Cl)Oc2cccc(C)c2C)c1C. The maximum absolute atomic E-state index is 12.4. The highest BCUT2D eigenvalue weighted by molar-refractivity contribution is 7.82. The number of benzene rings is 2. The Balaban J connectivity index is 2.25. The van der Waals surface area contributed by atoms with Crippen LogP contribution in [0.3, 0.4) is 0 Å². The molecular formula is C16H18ClO3P. The summed E-state index contributed by atoms with van der Waals surface area (Å²) >= 11 is 5.97. The van der Waals surface area contributed by atoms with Crippen molar-refractivity contribution in [2.24, 2.45) is 0 Å². The first-order chi connectivity index (χ1) is 9.80. The summed E-state index contributed by atoms with van der Waals surface area (Å²) < 4.78 is 23.2. The van der Waals surface area contributed by atoms with Gasteiger partial charge in [-0.3, -0.25) is 0 Å². The van der Waals surface area contributed by atoms with Crippen molar-refractivity contribution in [3.63, 3.8) is 0 Å². The van der Waals surface area contributed by atoms with E-state index in [1.807, 2.05) is 52.0 Å². The molecule has 0 fully saturated rings. The zero-order chi connectivity index (χ0) is 15.6. The van der Waals surface area contributed by atoms with Gasteiger partial charge in [-0.25, -0.2) is 4.57 Å². The van der Waals surface area contributed by atoms with E-state index < -0.39 is 6.95 Å². The molecule has 0 aliphatic heterocycles. The Morgan fingerprint density at radius 1 is 0.810 bits per heavy atom. The van der Waals surface area contributed by atoms with Gasteiger partial charge in [0, 0.05) is 11.2 Å². The van der Waals surface area contributed by atoms with Crippen molar-refractivity contribution in [2.45, 2.75) is 27.7 Å². The highest BCUT2D eigenvalue weighted by Gasteiger charge is 2.26. The Morgan fingerprint density at radius 2 is 1.19 bits per heavy atom. The first kappa shape index (κ1) is 15.9. The van der Waals surface area contributed by atoms with Crippen LogP contribution in [-0.2, 0) is 4.57 Å². The third-order valence-corrected chi connectivity index (χ3v) is 4.77. The van der Waals surface area contributed by atoms with Crippen LogP contribution in [0.25, 0.3) is 0 Å². The van der Waals surface area contributed by atoms with Crippen molar-refractivity contribution in [1.29, 1.82) is 0 Å². The second kappa shape index (κ2) is 6.13. The van der Waals surface area contributed by atoms with Crippen LogP contribution in [0.2, 0.25) is 0 Å². The van der Waals surface area contributed by atoms with Crippen molar-refractivity contribution in [3.8, 4) is 11.5 Å². The molecule has 0 aliphatic rings. The second-order valence-electron chi connectivity index (χ2n) is 5.01. The zero-order valence-electron chi connectivity index (χ0n) is 12.5. The second-order valence-corrected chi connectivity index (χ2v) is 7.48. The molecule has 0 heterocycles. The van der Waals surface area contributed by atoms with E-state index in [1.54, 1.807) is 12.1 Å². The fourth-order valence-electron chi connectivity index (χ4n) is 1.90. The van der Waals surface area contributed by atoms with Gasteiger partial charge < -0.3 is 9.05 Å². The molecule has 0 bridgehead atoms. The van der Waals surface area contributed by atoms with Crippen LogP contribution in [0.4, 0.5) is 0 Å². The summed E-state index contributed by atoms with van der Waals surface area (Å²) in [5.74, 6) is 0.942. The summed E-state index contributed by atoms with van der Waals surface area (Å²) in [6.45, 7) is 3.92. The van der Waals surface area contributed by atoms with E-state index in [0.29, 0.717) is 11.5 Å². The smallest absolute Gasteiger partial charge is 0.404 e. The summed E-state index contributed by atoms with van der Waals surface area (Å²) in [5.41, 5.74) is 3.86. The standard InChI is InChI=1S/C16H18ClO3P/c1-11-7-5-9-15(13(11)3)19-21(17,18)20-16-10-6-8-12(2)14(16)4/h5-10H,1-4H3. The lowest BCUT2D eigenvalue weighted by Gasteiger charge is -2.17. The van der Waals surface area contributed by atoms with Crippen LogP contribution in [0.5, 0.6) is 11.5 Å². The van der Waals surface area contributed by atoms with Crippen molar-refractivity contribution in [2.75, 3.05) is 0 Å². The predicted octanol–water partition coefficient (Wildman–Crippen LogP) is 5.72. The molecule has 2 rings (SSSR count). The van der Waals surface area contributed by atoms with Crippen LogP contribution < -0.4 is 9.05 Å². The molecule has 0 saturated heterocycles. The van der Waals surface area contributed by atoms with Crippen LogP contribution in [0, 0.1) is 27.7 Å². The normalized spacial score (nSPS) is 11.3. The first-order valence-corrected chi connectivity index (χ1v) is 9.06. The minimum Gasteiger partial charge on any atom is -0.404 e. The quantitative estimate of drug-likeness (QED) is 0.674. The molecule has 0 radical (unpaired) electrons. The maximum Gasteiger partial charge on any atom is 0.530 e. The Kier molecular flexibility index (Phi) is 4.65. The molecular weight excluding hydrogens is 307 g/mol. The topological polar surface area (TPSA) is 35.5 Å². The van der Waals surface area contributed by atoms with Crippen molar-refractivity contribution in [3.05, 3.63) is 58.7 Å². The van der Waals surface area contributed by atoms with E-state index in [1.165, 1.54) is 0 Å². The van der Waals surface area contributed by atoms with Gasteiger partial charge in [0.05, 0.1) is 0 Å². The van der Waals surface area contributed by atoms with Gasteiger partial charge in [0.25, 0.3) is 0 Å². The van der Waals surface area contributed by atoms with Crippen LogP contribution in [-0.4, -0.2) is 0 Å². The molecule has 2 aromatic carbocycles. The van der Waals surface area contributed by atoms with E-state index in [-0.39, 0.29) is 0 Å². The monoisotopic (exact) mass is 324 g/mol. The van der Waals surface area contributed by atoms with Gasteiger partial charge >= 0.3 is 6.95 Å². The number of rotatable bonds is 4. The molecule has 0 unspecified atom stereocenters. The summed E-state index contributed by atoms with van der Waals surface area (Å²) in [7, 11) is 0. The Hall–Kier alpha value is -1.44. The van der Waals surface area contributed by atoms with Gasteiger partial charge in [-0.1, -0.05) is 24.3 Å². The minimum atomic E-state index is -3.76. The number of aryl methyl sites for hydroxylation is 2. The van der Waals surface area contributed by atoms with E-state index in [4.69, 9.17) is 20.3 Å². The fraction of sp³-hybridized carbons (Fsp3) is 0.250. The van der Waals surface area contributed by atoms with Crippen LogP contribution in [0.15, 0.2) is 36.4 Å². The summed E-state index contributed by atoms with van der Waals surface area (Å²) in [6.07, 6.45) is 0. The fourth-order valence-corrected chi connectivity index (χ4v) is 3.25. The summed E-state index contributed by atoms with van der Waals surface area (Å²) in [6, 6.07) is 11.0. The van der Waals surface area contributed by atoms with Crippen LogP contribution in [0.1, 0.15) is 22.3 Å². The largest absolute Gasteiger partial charge is 0.530 e. The zero-order valence-corrected chi connectivity index (χ0v) is 14.2. The van der Waals surface area contributed by atoms with Gasteiger partial charge in [-0.2, -0.15) is 0 Å². The van der Waals surface area contributed by atoms with Crippen molar-refractivity contribution in [1.82, 2.24) is 0 Å². The predicted molar refractivity (Wildman–Crippen MR) is 86.5 cm³/mol. The number of hydrogen-bond acceptors (Lipinski definition) is 3. The lowest BCUT2D eigenvalue weighted by atomic mass is 10.1. The molecule has 0 spiro atoms. The lowest BCUT2D eigenvalue weighted by molar-refractivity contribution is 0.404. The molecule has 0 atom stereocenters. The maximum atomic E-state index is 12.4. The number of hydrogen-bond donors (Lipinski definition) is 0. The van der Waals surface area contributed by atoms with E-state index >= 15 is 0 Å². The van der Waals surface area contributed by atoms with E-state index in [0.717, 1.165) is 22.3 Å². The Labute approximate surface area is 130 Å². The van der Waals surface area contributed by atoms with Gasteiger partial charge in [0.15, 0.2) is 0 Å². The van der Waals surface area contributed by atoms with E-state index in [9.17, 15) is 4.57 Å². The molecule has 0 saturated carbocycles. The highest BCUT2D eigenvalue weighted by Crippen LogP contribution is 2.54. The molecule has 0 aliphatic carbocycles. The molecule has 5 heteroatoms. The van der Waals surface area contributed by atoms with Crippen molar-refractivity contribution >= 4 is 18.2 Å². The third kappa shape index (κ3) is 3.81. The molecule has 0 aromatic heterocycles. The van der Waals surface area contributed by atoms with Gasteiger partial charge in [0.1, 0.15) is 11.5 Å². The molecule has 3 nitrogen and oxygen atoms in total. The lowest BCUT2D eigenvalue weighted by Crippen LogP contribution is -1.99. The molecule has 2 aromatic rings. The molecule has 21 heavy (non-hydrogen) atoms. The number of halogens is 1. The summed E-state index contributed by atoms with van der Waals surface area (Å²) in [4.78, 5) is 0. The highest BCUT2D eigenvalue weighted by atomic mass is 35.7. The Bertz CT molecular complexity index is 655. The molecule has 0 N–H and O–H groups in total. The van der Waals surface area contributed by atoms with Crippen LogP contribution >= 0.6 is 18.2 Å².